The molecule has 2 aromatic rings. The Bertz CT molecular complexity index is 448. The number of rotatable bonds is 4. The number of aromatic nitrogens is 2. The zero-order valence-electron chi connectivity index (χ0n) is 7.51. The first-order valence-electron chi connectivity index (χ1n) is 4.05. The van der Waals surface area contributed by atoms with Crippen molar-refractivity contribution in [2.75, 3.05) is 5.32 Å². The van der Waals surface area contributed by atoms with Crippen LogP contribution in [0.1, 0.15) is 16.2 Å². The lowest BCUT2D eigenvalue weighted by Gasteiger charge is -1.95. The van der Waals surface area contributed by atoms with Crippen molar-refractivity contribution in [3.8, 4) is 0 Å². The molecule has 0 unspecified atom stereocenters. The van der Waals surface area contributed by atoms with E-state index >= 15 is 0 Å². The fourth-order valence-corrected chi connectivity index (χ4v) is 0.944. The van der Waals surface area contributed by atoms with Crippen LogP contribution >= 0.6 is 0 Å². The van der Waals surface area contributed by atoms with E-state index in [2.05, 4.69) is 15.3 Å². The molecule has 2 heterocycles. The summed E-state index contributed by atoms with van der Waals surface area (Å²) in [5.74, 6) is -1.13. The van der Waals surface area contributed by atoms with Crippen LogP contribution in [0, 0.1) is 0 Å². The van der Waals surface area contributed by atoms with Crippen LogP contribution in [0.2, 0.25) is 0 Å². The van der Waals surface area contributed by atoms with E-state index in [9.17, 15) is 4.79 Å². The third-order valence-electron chi connectivity index (χ3n) is 1.63. The molecule has 0 aliphatic heterocycles. The predicted molar refractivity (Wildman–Crippen MR) is 47.3 cm³/mol. The maximum absolute atomic E-state index is 10.5. The fraction of sp³-hybridized carbons (Fsp3) is 0.125. The molecule has 0 saturated carbocycles. The second kappa shape index (κ2) is 3.82. The first-order chi connectivity index (χ1) is 7.25. The number of aromatic carboxylic acids is 1. The summed E-state index contributed by atoms with van der Waals surface area (Å²) >= 11 is 0. The molecule has 0 spiro atoms. The van der Waals surface area contributed by atoms with Crippen molar-refractivity contribution in [2.24, 2.45) is 0 Å². The maximum Gasteiger partial charge on any atom is 0.357 e. The standard InChI is InChI=1S/C8H7N3O4/c12-7(13)6-3-15-8(11-6)9-1-5-2-14-4-10-5/h2-4H,1H2,(H,9,11)(H,12,13). The Hall–Kier alpha value is -2.31. The molecule has 0 aliphatic carbocycles. The summed E-state index contributed by atoms with van der Waals surface area (Å²) < 4.78 is 9.61. The Labute approximate surface area is 83.8 Å². The van der Waals surface area contributed by atoms with Crippen molar-refractivity contribution in [2.45, 2.75) is 6.54 Å². The minimum Gasteiger partial charge on any atom is -0.476 e. The number of carboxylic acids is 1. The highest BCUT2D eigenvalue weighted by Crippen LogP contribution is 2.08. The molecule has 2 aromatic heterocycles. The van der Waals surface area contributed by atoms with E-state index in [1.54, 1.807) is 0 Å². The van der Waals surface area contributed by atoms with E-state index in [1.165, 1.54) is 12.7 Å². The van der Waals surface area contributed by atoms with Gasteiger partial charge in [-0.2, -0.15) is 4.98 Å². The number of hydrogen-bond acceptors (Lipinski definition) is 6. The van der Waals surface area contributed by atoms with Crippen molar-refractivity contribution in [3.63, 3.8) is 0 Å². The van der Waals surface area contributed by atoms with Gasteiger partial charge in [0, 0.05) is 0 Å². The van der Waals surface area contributed by atoms with Crippen LogP contribution in [0.5, 0.6) is 0 Å². The minimum absolute atomic E-state index is 0.135. The molecule has 0 radical (unpaired) electrons. The Morgan fingerprint density at radius 1 is 1.53 bits per heavy atom. The highest BCUT2D eigenvalue weighted by Gasteiger charge is 2.09. The third kappa shape index (κ3) is 2.13. The third-order valence-corrected chi connectivity index (χ3v) is 1.63. The minimum atomic E-state index is -1.13. The predicted octanol–water partition coefficient (Wildman–Crippen LogP) is 0.973. The Morgan fingerprint density at radius 3 is 3.00 bits per heavy atom. The molecule has 0 aliphatic rings. The zero-order chi connectivity index (χ0) is 10.7. The summed E-state index contributed by atoms with van der Waals surface area (Å²) in [4.78, 5) is 18.0. The molecule has 78 valence electrons. The molecule has 0 atom stereocenters. The van der Waals surface area contributed by atoms with E-state index in [1.807, 2.05) is 0 Å². The van der Waals surface area contributed by atoms with Gasteiger partial charge >= 0.3 is 5.97 Å². The van der Waals surface area contributed by atoms with Crippen LogP contribution in [0.15, 0.2) is 27.8 Å². The second-order valence-corrected chi connectivity index (χ2v) is 2.68. The quantitative estimate of drug-likeness (QED) is 0.773. The summed E-state index contributed by atoms with van der Waals surface area (Å²) in [5.41, 5.74) is 0.530. The molecule has 0 aromatic carbocycles. The van der Waals surface area contributed by atoms with Crippen molar-refractivity contribution in [1.82, 2.24) is 9.97 Å². The van der Waals surface area contributed by atoms with Crippen molar-refractivity contribution in [3.05, 3.63) is 30.3 Å². The van der Waals surface area contributed by atoms with Gasteiger partial charge in [-0.25, -0.2) is 9.78 Å². The maximum atomic E-state index is 10.5. The van der Waals surface area contributed by atoms with Gasteiger partial charge in [-0.1, -0.05) is 0 Å². The summed E-state index contributed by atoms with van der Waals surface area (Å²) in [5, 5.41) is 11.3. The van der Waals surface area contributed by atoms with Gasteiger partial charge in [0.1, 0.15) is 12.5 Å². The van der Waals surface area contributed by atoms with E-state index in [0.717, 1.165) is 6.26 Å². The molecule has 0 amide bonds. The van der Waals surface area contributed by atoms with E-state index in [-0.39, 0.29) is 11.7 Å². The summed E-state index contributed by atoms with van der Waals surface area (Å²) in [6, 6.07) is 0.135. The van der Waals surface area contributed by atoms with Crippen molar-refractivity contribution >= 4 is 12.0 Å². The number of carbonyl (C=O) groups is 1. The van der Waals surface area contributed by atoms with Crippen LogP contribution < -0.4 is 5.32 Å². The molecular weight excluding hydrogens is 202 g/mol. The van der Waals surface area contributed by atoms with E-state index < -0.39 is 5.97 Å². The number of nitrogens with one attached hydrogen (secondary N) is 1. The number of hydrogen-bond donors (Lipinski definition) is 2. The zero-order valence-corrected chi connectivity index (χ0v) is 7.51. The van der Waals surface area contributed by atoms with Gasteiger partial charge in [0.2, 0.25) is 0 Å². The molecule has 0 fully saturated rings. The average Bonchev–Trinajstić information content (AvgIpc) is 2.86. The molecule has 0 saturated heterocycles. The number of oxazole rings is 2. The highest BCUT2D eigenvalue weighted by molar-refractivity contribution is 5.85. The Balaban J connectivity index is 1.96. The van der Waals surface area contributed by atoms with Gasteiger partial charge in [0.15, 0.2) is 12.1 Å². The van der Waals surface area contributed by atoms with E-state index in [0.29, 0.717) is 12.2 Å². The van der Waals surface area contributed by atoms with Gasteiger partial charge in [-0.05, 0) is 0 Å². The molecule has 15 heavy (non-hydrogen) atoms. The molecule has 0 bridgehead atoms. The lowest BCUT2D eigenvalue weighted by molar-refractivity contribution is 0.0690. The first kappa shape index (κ1) is 9.25. The summed E-state index contributed by atoms with van der Waals surface area (Å²) in [6.07, 6.45) is 3.83. The Morgan fingerprint density at radius 2 is 2.40 bits per heavy atom. The van der Waals surface area contributed by atoms with Crippen LogP contribution in [-0.4, -0.2) is 21.0 Å². The summed E-state index contributed by atoms with van der Waals surface area (Å²) in [7, 11) is 0. The topological polar surface area (TPSA) is 101 Å². The van der Waals surface area contributed by atoms with Crippen molar-refractivity contribution in [1.29, 1.82) is 0 Å². The van der Waals surface area contributed by atoms with Gasteiger partial charge < -0.3 is 19.3 Å². The summed E-state index contributed by atoms with van der Waals surface area (Å²) in [6.45, 7) is 0.357. The number of carboxylic acid groups (broad SMARTS) is 1. The van der Waals surface area contributed by atoms with Crippen LogP contribution in [0.3, 0.4) is 0 Å². The van der Waals surface area contributed by atoms with Gasteiger partial charge in [-0.15, -0.1) is 0 Å². The van der Waals surface area contributed by atoms with Gasteiger partial charge in [0.05, 0.1) is 12.2 Å². The number of nitrogens with zero attached hydrogens (tertiary/aromatic N) is 2. The average molecular weight is 209 g/mol. The fourth-order valence-electron chi connectivity index (χ4n) is 0.944. The SMILES string of the molecule is O=C(O)c1coc(NCc2cocn2)n1. The molecule has 7 heteroatoms. The molecule has 2 N–H and O–H groups in total. The second-order valence-electron chi connectivity index (χ2n) is 2.68. The molecule has 2 rings (SSSR count). The largest absolute Gasteiger partial charge is 0.476 e. The van der Waals surface area contributed by atoms with Crippen LogP contribution in [0.25, 0.3) is 0 Å². The van der Waals surface area contributed by atoms with Crippen molar-refractivity contribution < 1.29 is 18.7 Å². The van der Waals surface area contributed by atoms with Crippen LogP contribution in [-0.2, 0) is 6.54 Å². The Kier molecular flexibility index (Phi) is 2.36. The molecule has 7 nitrogen and oxygen atoms in total. The molecular formula is C8H7N3O4. The van der Waals surface area contributed by atoms with Gasteiger partial charge in [0.25, 0.3) is 6.01 Å². The number of anilines is 1. The lowest BCUT2D eigenvalue weighted by atomic mass is 10.5. The lowest BCUT2D eigenvalue weighted by Crippen LogP contribution is -2.01. The van der Waals surface area contributed by atoms with Gasteiger partial charge in [-0.3, -0.25) is 0 Å². The van der Waals surface area contributed by atoms with Crippen LogP contribution in [0.4, 0.5) is 6.01 Å². The first-order valence-corrected chi connectivity index (χ1v) is 4.05. The van der Waals surface area contributed by atoms with E-state index in [4.69, 9.17) is 13.9 Å². The smallest absolute Gasteiger partial charge is 0.357 e. The normalized spacial score (nSPS) is 10.1. The highest BCUT2D eigenvalue weighted by atomic mass is 16.4. The monoisotopic (exact) mass is 209 g/mol.